The van der Waals surface area contributed by atoms with Crippen molar-refractivity contribution in [3.8, 4) is 0 Å². The lowest BCUT2D eigenvalue weighted by atomic mass is 9.80. The standard InChI is InChI=1S/C16H31N3O/c1-13(2)18-7-9-19(10-8-18)16(20)11-14-3-5-15(12-17)6-4-14/h13-15H,3-12,17H2,1-2H3. The fourth-order valence-electron chi connectivity index (χ4n) is 3.54. The molecular weight excluding hydrogens is 250 g/mol. The maximum absolute atomic E-state index is 12.4. The molecule has 116 valence electrons. The van der Waals surface area contributed by atoms with Gasteiger partial charge in [0.05, 0.1) is 0 Å². The normalized spacial score (nSPS) is 28.9. The van der Waals surface area contributed by atoms with Gasteiger partial charge in [0.1, 0.15) is 0 Å². The Labute approximate surface area is 123 Å². The molecule has 0 radical (unpaired) electrons. The lowest BCUT2D eigenvalue weighted by molar-refractivity contribution is -0.134. The van der Waals surface area contributed by atoms with E-state index in [1.54, 1.807) is 0 Å². The maximum Gasteiger partial charge on any atom is 0.222 e. The van der Waals surface area contributed by atoms with Crippen LogP contribution in [0.1, 0.15) is 46.0 Å². The molecule has 0 spiro atoms. The molecule has 0 bridgehead atoms. The Hall–Kier alpha value is -0.610. The van der Waals surface area contributed by atoms with Crippen LogP contribution in [0.3, 0.4) is 0 Å². The Morgan fingerprint density at radius 2 is 1.60 bits per heavy atom. The summed E-state index contributed by atoms with van der Waals surface area (Å²) in [4.78, 5) is 16.9. The topological polar surface area (TPSA) is 49.6 Å². The summed E-state index contributed by atoms with van der Waals surface area (Å²) < 4.78 is 0. The largest absolute Gasteiger partial charge is 0.340 e. The van der Waals surface area contributed by atoms with Gasteiger partial charge in [0.25, 0.3) is 0 Å². The smallest absolute Gasteiger partial charge is 0.222 e. The van der Waals surface area contributed by atoms with E-state index < -0.39 is 0 Å². The van der Waals surface area contributed by atoms with Gasteiger partial charge in [-0.2, -0.15) is 0 Å². The number of carbonyl (C=O) groups is 1. The molecule has 20 heavy (non-hydrogen) atoms. The van der Waals surface area contributed by atoms with Crippen molar-refractivity contribution in [1.29, 1.82) is 0 Å². The van der Waals surface area contributed by atoms with Crippen molar-refractivity contribution in [1.82, 2.24) is 9.80 Å². The highest BCUT2D eigenvalue weighted by atomic mass is 16.2. The van der Waals surface area contributed by atoms with E-state index in [2.05, 4.69) is 23.6 Å². The molecule has 2 aliphatic rings. The zero-order chi connectivity index (χ0) is 14.5. The van der Waals surface area contributed by atoms with Crippen LogP contribution in [0, 0.1) is 11.8 Å². The summed E-state index contributed by atoms with van der Waals surface area (Å²) in [5.41, 5.74) is 5.72. The Kier molecular flexibility index (Phi) is 5.85. The van der Waals surface area contributed by atoms with Crippen LogP contribution in [0.4, 0.5) is 0 Å². The highest BCUT2D eigenvalue weighted by Crippen LogP contribution is 2.30. The summed E-state index contributed by atoms with van der Waals surface area (Å²) in [6, 6.07) is 0.596. The molecule has 1 saturated carbocycles. The maximum atomic E-state index is 12.4. The van der Waals surface area contributed by atoms with Crippen LogP contribution in [0.2, 0.25) is 0 Å². The molecule has 0 aromatic heterocycles. The van der Waals surface area contributed by atoms with Gasteiger partial charge >= 0.3 is 0 Å². The molecule has 1 amide bonds. The summed E-state index contributed by atoms with van der Waals surface area (Å²) in [6.07, 6.45) is 5.59. The molecule has 1 heterocycles. The number of nitrogens with zero attached hydrogens (tertiary/aromatic N) is 2. The second-order valence-electron chi connectivity index (χ2n) is 6.84. The lowest BCUT2D eigenvalue weighted by Gasteiger charge is -2.38. The molecule has 2 N–H and O–H groups in total. The van der Waals surface area contributed by atoms with E-state index in [0.29, 0.717) is 23.8 Å². The van der Waals surface area contributed by atoms with Gasteiger partial charge in [-0.3, -0.25) is 9.69 Å². The van der Waals surface area contributed by atoms with Gasteiger partial charge in [-0.15, -0.1) is 0 Å². The van der Waals surface area contributed by atoms with Gasteiger partial charge in [0, 0.05) is 38.6 Å². The minimum Gasteiger partial charge on any atom is -0.340 e. The molecule has 0 aromatic carbocycles. The number of carbonyl (C=O) groups excluding carboxylic acids is 1. The van der Waals surface area contributed by atoms with E-state index >= 15 is 0 Å². The fourth-order valence-corrected chi connectivity index (χ4v) is 3.54. The first kappa shape index (κ1) is 15.8. The summed E-state index contributed by atoms with van der Waals surface area (Å²) in [6.45, 7) is 9.16. The van der Waals surface area contributed by atoms with Gasteiger partial charge in [-0.1, -0.05) is 0 Å². The van der Waals surface area contributed by atoms with Crippen LogP contribution in [0.15, 0.2) is 0 Å². The minimum atomic E-state index is 0.379. The lowest BCUT2D eigenvalue weighted by Crippen LogP contribution is -2.51. The van der Waals surface area contributed by atoms with Crippen molar-refractivity contribution in [2.45, 2.75) is 52.0 Å². The fraction of sp³-hybridized carbons (Fsp3) is 0.938. The van der Waals surface area contributed by atoms with E-state index in [9.17, 15) is 4.79 Å². The van der Waals surface area contributed by atoms with Crippen molar-refractivity contribution in [3.63, 3.8) is 0 Å². The molecule has 1 aliphatic heterocycles. The zero-order valence-corrected chi connectivity index (χ0v) is 13.2. The second kappa shape index (κ2) is 7.41. The zero-order valence-electron chi connectivity index (χ0n) is 13.2. The third-order valence-electron chi connectivity index (χ3n) is 5.16. The van der Waals surface area contributed by atoms with E-state index in [0.717, 1.165) is 39.1 Å². The molecule has 4 heteroatoms. The van der Waals surface area contributed by atoms with Crippen LogP contribution in [-0.4, -0.2) is 54.5 Å². The van der Waals surface area contributed by atoms with Crippen molar-refractivity contribution in [3.05, 3.63) is 0 Å². The number of amides is 1. The monoisotopic (exact) mass is 281 g/mol. The predicted molar refractivity (Wildman–Crippen MR) is 82.4 cm³/mol. The quantitative estimate of drug-likeness (QED) is 0.853. The van der Waals surface area contributed by atoms with Crippen LogP contribution in [0.25, 0.3) is 0 Å². The van der Waals surface area contributed by atoms with Gasteiger partial charge < -0.3 is 10.6 Å². The highest BCUT2D eigenvalue weighted by Gasteiger charge is 2.26. The Morgan fingerprint density at radius 3 is 2.10 bits per heavy atom. The van der Waals surface area contributed by atoms with Crippen molar-refractivity contribution >= 4 is 5.91 Å². The van der Waals surface area contributed by atoms with Crippen molar-refractivity contribution in [2.75, 3.05) is 32.7 Å². The Balaban J connectivity index is 1.71. The number of nitrogens with two attached hydrogens (primary N) is 1. The van der Waals surface area contributed by atoms with Crippen LogP contribution < -0.4 is 5.73 Å². The third kappa shape index (κ3) is 4.19. The van der Waals surface area contributed by atoms with Gasteiger partial charge in [-0.05, 0) is 57.9 Å². The second-order valence-corrected chi connectivity index (χ2v) is 6.84. The first-order valence-corrected chi connectivity index (χ1v) is 8.32. The van der Waals surface area contributed by atoms with Crippen LogP contribution >= 0.6 is 0 Å². The summed E-state index contributed by atoms with van der Waals surface area (Å²) in [7, 11) is 0. The molecule has 2 fully saturated rings. The van der Waals surface area contributed by atoms with Crippen LogP contribution in [-0.2, 0) is 4.79 Å². The van der Waals surface area contributed by atoms with Crippen LogP contribution in [0.5, 0.6) is 0 Å². The summed E-state index contributed by atoms with van der Waals surface area (Å²) in [5, 5.41) is 0. The summed E-state index contributed by atoms with van der Waals surface area (Å²) in [5.74, 6) is 1.69. The molecule has 1 aliphatic carbocycles. The average Bonchev–Trinajstić information content (AvgIpc) is 2.48. The number of rotatable bonds is 4. The minimum absolute atomic E-state index is 0.379. The Bertz CT molecular complexity index is 303. The van der Waals surface area contributed by atoms with E-state index in [4.69, 9.17) is 5.73 Å². The van der Waals surface area contributed by atoms with E-state index in [1.165, 1.54) is 25.7 Å². The van der Waals surface area contributed by atoms with Gasteiger partial charge in [0.2, 0.25) is 5.91 Å². The predicted octanol–water partition coefficient (Wildman–Crippen LogP) is 1.69. The molecule has 4 nitrogen and oxygen atoms in total. The number of piperazine rings is 1. The third-order valence-corrected chi connectivity index (χ3v) is 5.16. The molecule has 1 saturated heterocycles. The highest BCUT2D eigenvalue weighted by molar-refractivity contribution is 5.76. The van der Waals surface area contributed by atoms with E-state index in [-0.39, 0.29) is 0 Å². The van der Waals surface area contributed by atoms with E-state index in [1.807, 2.05) is 0 Å². The molecule has 0 atom stereocenters. The number of hydrogen-bond acceptors (Lipinski definition) is 3. The molecule has 2 rings (SSSR count). The summed E-state index contributed by atoms with van der Waals surface area (Å²) >= 11 is 0. The first-order valence-electron chi connectivity index (χ1n) is 8.32. The molecule has 0 unspecified atom stereocenters. The first-order chi connectivity index (χ1) is 9.60. The Morgan fingerprint density at radius 1 is 1.05 bits per heavy atom. The molecular formula is C16H31N3O. The van der Waals surface area contributed by atoms with Crippen molar-refractivity contribution < 1.29 is 4.79 Å². The SMILES string of the molecule is CC(C)N1CCN(C(=O)CC2CCC(CN)CC2)CC1. The van der Waals surface area contributed by atoms with Gasteiger partial charge in [0.15, 0.2) is 0 Å². The number of hydrogen-bond donors (Lipinski definition) is 1. The van der Waals surface area contributed by atoms with Gasteiger partial charge in [-0.25, -0.2) is 0 Å². The molecule has 0 aromatic rings. The van der Waals surface area contributed by atoms with Crippen molar-refractivity contribution in [2.24, 2.45) is 17.6 Å². The average molecular weight is 281 g/mol.